The molecule has 2 aromatic carbocycles. The van der Waals surface area contributed by atoms with E-state index in [1.807, 2.05) is 30.3 Å². The third-order valence-corrected chi connectivity index (χ3v) is 7.77. The molecule has 2 saturated heterocycles. The first kappa shape index (κ1) is 24.1. The number of phenols is 1. The Morgan fingerprint density at radius 3 is 2.68 bits per heavy atom. The Labute approximate surface area is 218 Å². The van der Waals surface area contributed by atoms with E-state index in [1.54, 1.807) is 7.11 Å². The minimum absolute atomic E-state index is 0.259. The van der Waals surface area contributed by atoms with Crippen LogP contribution in [0.15, 0.2) is 41.7 Å². The van der Waals surface area contributed by atoms with Crippen molar-refractivity contribution in [2.24, 2.45) is 0 Å². The fourth-order valence-electron chi connectivity index (χ4n) is 5.86. The van der Waals surface area contributed by atoms with Gasteiger partial charge in [0.25, 0.3) is 0 Å². The maximum atomic E-state index is 11.8. The van der Waals surface area contributed by atoms with Gasteiger partial charge in [-0.15, -0.1) is 0 Å². The minimum atomic E-state index is 0.259. The molecule has 2 aromatic rings. The summed E-state index contributed by atoms with van der Waals surface area (Å²) in [4.78, 5) is 2.48. The van der Waals surface area contributed by atoms with Crippen LogP contribution in [0, 0.1) is 0 Å². The first-order valence-corrected chi connectivity index (χ1v) is 13.5. The van der Waals surface area contributed by atoms with Crippen LogP contribution in [0.4, 0.5) is 0 Å². The number of phenolic OH excluding ortho intramolecular Hbond substituents is 1. The summed E-state index contributed by atoms with van der Waals surface area (Å²) in [5, 5.41) is 13.5. The number of methoxy groups -OCH3 is 1. The predicted molar refractivity (Wildman–Crippen MR) is 145 cm³/mol. The largest absolute Gasteiger partial charge is 0.507 e. The van der Waals surface area contributed by atoms with Gasteiger partial charge in [-0.1, -0.05) is 24.6 Å². The van der Waals surface area contributed by atoms with Gasteiger partial charge in [-0.25, -0.2) is 0 Å². The summed E-state index contributed by atoms with van der Waals surface area (Å²) in [6.07, 6.45) is 11.7. The standard InChI is InChI=1S/C31H35NO5/c1-34-24-18-22-11-16-35-20-27(22)29-26(19-24)31-25(6-5-15-37-31)28(30(29)33)21-7-9-23(10-8-21)36-17-14-32-12-3-2-4-13-32/h6-10,18-19,33H,2-5,11-17,20H2,1H3. The van der Waals surface area contributed by atoms with Gasteiger partial charge >= 0.3 is 0 Å². The van der Waals surface area contributed by atoms with Crippen LogP contribution in [-0.2, 0) is 9.47 Å². The number of rotatable bonds is 6. The molecule has 194 valence electrons. The molecule has 0 atom stereocenters. The molecular weight excluding hydrogens is 466 g/mol. The van der Waals surface area contributed by atoms with Crippen LogP contribution < -0.4 is 19.9 Å². The summed E-state index contributed by atoms with van der Waals surface area (Å²) in [5.41, 5.74) is 4.72. The van der Waals surface area contributed by atoms with Gasteiger partial charge in [-0.3, -0.25) is 4.90 Å². The van der Waals surface area contributed by atoms with Crippen molar-refractivity contribution >= 4 is 17.7 Å². The Hall–Kier alpha value is -3.22. The van der Waals surface area contributed by atoms with Gasteiger partial charge in [0.15, 0.2) is 0 Å². The molecule has 0 aromatic heterocycles. The monoisotopic (exact) mass is 501 g/mol. The number of likely N-dealkylation sites (tertiary alicyclic amines) is 1. The Balaban J connectivity index is 1.39. The van der Waals surface area contributed by atoms with E-state index in [2.05, 4.69) is 17.1 Å². The topological polar surface area (TPSA) is 60.4 Å². The number of ether oxygens (including phenoxy) is 4. The molecule has 0 spiro atoms. The zero-order valence-corrected chi connectivity index (χ0v) is 21.6. The van der Waals surface area contributed by atoms with Crippen molar-refractivity contribution in [2.75, 3.05) is 53.2 Å². The van der Waals surface area contributed by atoms with Crippen LogP contribution in [-0.4, -0.2) is 63.2 Å². The lowest BCUT2D eigenvalue weighted by molar-refractivity contribution is 0.158. The quantitative estimate of drug-likeness (QED) is 0.646. The highest BCUT2D eigenvalue weighted by atomic mass is 16.5. The summed E-state index contributed by atoms with van der Waals surface area (Å²) < 4.78 is 23.8. The fraction of sp³-hybridized carbons (Fsp3) is 0.419. The van der Waals surface area contributed by atoms with Gasteiger partial charge < -0.3 is 24.1 Å². The number of allylic oxidation sites excluding steroid dienone is 1. The fourth-order valence-corrected chi connectivity index (χ4v) is 5.86. The molecule has 2 fully saturated rings. The van der Waals surface area contributed by atoms with Crippen molar-refractivity contribution in [3.8, 4) is 28.4 Å². The SMILES string of the molecule is COC1=Cc2c3c(c(-c4ccc(OCCN5CCCCC5)cc4)c(O)c2=C2COCCC2=C1)=CCCO3. The summed E-state index contributed by atoms with van der Waals surface area (Å²) in [6, 6.07) is 8.06. The number of nitrogens with zero attached hydrogens (tertiary/aromatic N) is 1. The van der Waals surface area contributed by atoms with Gasteiger partial charge in [0, 0.05) is 34.5 Å². The molecule has 0 radical (unpaired) electrons. The van der Waals surface area contributed by atoms with Gasteiger partial charge in [-0.05, 0) is 73.3 Å². The first-order chi connectivity index (χ1) is 18.2. The summed E-state index contributed by atoms with van der Waals surface area (Å²) in [5.74, 6) is 2.65. The van der Waals surface area contributed by atoms with E-state index in [9.17, 15) is 5.11 Å². The lowest BCUT2D eigenvalue weighted by Gasteiger charge is -2.26. The molecule has 3 heterocycles. The Bertz CT molecular complexity index is 1350. The van der Waals surface area contributed by atoms with E-state index >= 15 is 0 Å². The van der Waals surface area contributed by atoms with Gasteiger partial charge in [-0.2, -0.15) is 0 Å². The molecule has 1 N–H and O–H groups in total. The van der Waals surface area contributed by atoms with Gasteiger partial charge in [0.1, 0.15) is 29.6 Å². The molecule has 4 aliphatic rings. The smallest absolute Gasteiger partial charge is 0.135 e. The number of aromatic hydroxyl groups is 1. The van der Waals surface area contributed by atoms with Crippen molar-refractivity contribution in [3.05, 3.63) is 57.7 Å². The lowest BCUT2D eigenvalue weighted by Crippen LogP contribution is -2.33. The van der Waals surface area contributed by atoms with Gasteiger partial charge in [0.05, 0.1) is 26.9 Å². The van der Waals surface area contributed by atoms with Crippen LogP contribution in [0.1, 0.15) is 37.7 Å². The van der Waals surface area contributed by atoms with Crippen LogP contribution in [0.5, 0.6) is 17.2 Å². The molecule has 0 saturated carbocycles. The maximum Gasteiger partial charge on any atom is 0.135 e. The zero-order valence-electron chi connectivity index (χ0n) is 21.6. The maximum absolute atomic E-state index is 11.8. The average Bonchev–Trinajstić information content (AvgIpc) is 3.12. The molecule has 6 nitrogen and oxygen atoms in total. The molecular formula is C31H35NO5. The first-order valence-electron chi connectivity index (χ1n) is 13.5. The third-order valence-electron chi connectivity index (χ3n) is 7.77. The number of piperidine rings is 1. The molecule has 37 heavy (non-hydrogen) atoms. The van der Waals surface area contributed by atoms with E-state index in [0.717, 1.165) is 74.9 Å². The third kappa shape index (κ3) is 4.76. The Morgan fingerprint density at radius 2 is 1.86 bits per heavy atom. The average molecular weight is 502 g/mol. The molecule has 1 aliphatic carbocycles. The van der Waals surface area contributed by atoms with E-state index < -0.39 is 0 Å². The second-order valence-corrected chi connectivity index (χ2v) is 10.1. The highest BCUT2D eigenvalue weighted by Crippen LogP contribution is 2.35. The molecule has 0 bridgehead atoms. The number of hydrogen-bond acceptors (Lipinski definition) is 6. The Kier molecular flexibility index (Phi) is 6.94. The Morgan fingerprint density at radius 1 is 1.03 bits per heavy atom. The van der Waals surface area contributed by atoms with Crippen LogP contribution >= 0.6 is 0 Å². The summed E-state index contributed by atoms with van der Waals surface area (Å²) in [7, 11) is 1.68. The number of benzene rings is 2. The summed E-state index contributed by atoms with van der Waals surface area (Å²) >= 11 is 0. The number of fused-ring (bicyclic) bond motifs is 4. The van der Waals surface area contributed by atoms with Crippen LogP contribution in [0.25, 0.3) is 28.9 Å². The molecule has 6 heteroatoms. The van der Waals surface area contributed by atoms with E-state index in [1.165, 1.54) is 32.4 Å². The minimum Gasteiger partial charge on any atom is -0.507 e. The van der Waals surface area contributed by atoms with Crippen molar-refractivity contribution in [1.29, 1.82) is 0 Å². The number of hydrogen-bond donors (Lipinski definition) is 1. The summed E-state index contributed by atoms with van der Waals surface area (Å²) in [6.45, 7) is 5.70. The van der Waals surface area contributed by atoms with Crippen molar-refractivity contribution < 1.29 is 24.1 Å². The molecule has 0 amide bonds. The van der Waals surface area contributed by atoms with E-state index in [0.29, 0.717) is 26.4 Å². The van der Waals surface area contributed by atoms with E-state index in [-0.39, 0.29) is 5.75 Å². The predicted octanol–water partition coefficient (Wildman–Crippen LogP) is 3.99. The molecule has 6 rings (SSSR count). The normalized spacial score (nSPS) is 19.2. The van der Waals surface area contributed by atoms with Crippen LogP contribution in [0.3, 0.4) is 0 Å². The molecule has 3 aliphatic heterocycles. The highest BCUT2D eigenvalue weighted by Gasteiger charge is 2.26. The van der Waals surface area contributed by atoms with Gasteiger partial charge in [0.2, 0.25) is 0 Å². The van der Waals surface area contributed by atoms with Crippen molar-refractivity contribution in [1.82, 2.24) is 4.90 Å². The van der Waals surface area contributed by atoms with Crippen LogP contribution in [0.2, 0.25) is 0 Å². The second kappa shape index (κ2) is 10.6. The molecule has 0 unspecified atom stereocenters. The van der Waals surface area contributed by atoms with Crippen molar-refractivity contribution in [3.63, 3.8) is 0 Å². The zero-order chi connectivity index (χ0) is 25.2. The second-order valence-electron chi connectivity index (χ2n) is 10.1. The highest BCUT2D eigenvalue weighted by molar-refractivity contribution is 5.85. The van der Waals surface area contributed by atoms with Crippen molar-refractivity contribution in [2.45, 2.75) is 32.1 Å². The lowest BCUT2D eigenvalue weighted by atomic mass is 9.91. The van der Waals surface area contributed by atoms with E-state index in [4.69, 9.17) is 18.9 Å².